The molecule has 1 atom stereocenters. The minimum atomic E-state index is -3.64. The first-order valence-electron chi connectivity index (χ1n) is 8.53. The van der Waals surface area contributed by atoms with Crippen LogP contribution in [-0.2, 0) is 28.0 Å². The first kappa shape index (κ1) is 17.2. The molecule has 2 N–H and O–H groups in total. The molecular weight excluding hydrogens is 356 g/mol. The average molecular weight is 376 g/mol. The molecule has 0 aliphatic carbocycles. The van der Waals surface area contributed by atoms with Crippen LogP contribution in [0.5, 0.6) is 0 Å². The number of hydrogen-bond acceptors (Lipinski definition) is 6. The Balaban J connectivity index is 1.51. The largest absolute Gasteiger partial charge is 0.372 e. The van der Waals surface area contributed by atoms with Crippen molar-refractivity contribution in [1.82, 2.24) is 14.7 Å². The molecule has 9 heteroatoms. The van der Waals surface area contributed by atoms with Crippen LogP contribution in [-0.4, -0.2) is 37.5 Å². The fourth-order valence-corrected chi connectivity index (χ4v) is 4.75. The van der Waals surface area contributed by atoms with Crippen LogP contribution in [0.25, 0.3) is 0 Å². The molecule has 1 aromatic heterocycles. The minimum Gasteiger partial charge on any atom is -0.372 e. The smallest absolute Gasteiger partial charge is 0.290 e. The van der Waals surface area contributed by atoms with E-state index in [2.05, 4.69) is 14.7 Å². The SMILES string of the molecule is O=c1[nH]ccnc1N1CCCC(NS(=O)(=O)c2ccc3c(c2)COC3)C1. The maximum Gasteiger partial charge on any atom is 0.290 e. The number of piperidine rings is 1. The maximum absolute atomic E-state index is 12.8. The van der Waals surface area contributed by atoms with Crippen molar-refractivity contribution in [3.8, 4) is 0 Å². The third-order valence-corrected chi connectivity index (χ3v) is 6.25. The van der Waals surface area contributed by atoms with Gasteiger partial charge in [-0.3, -0.25) is 4.79 Å². The number of sulfonamides is 1. The van der Waals surface area contributed by atoms with E-state index in [1.807, 2.05) is 4.90 Å². The summed E-state index contributed by atoms with van der Waals surface area (Å²) in [5, 5.41) is 0. The van der Waals surface area contributed by atoms with Crippen molar-refractivity contribution in [3.05, 3.63) is 52.1 Å². The van der Waals surface area contributed by atoms with Crippen molar-refractivity contribution in [2.24, 2.45) is 0 Å². The lowest BCUT2D eigenvalue weighted by Gasteiger charge is -2.33. The fraction of sp³-hybridized carbons (Fsp3) is 0.412. The number of fused-ring (bicyclic) bond motifs is 1. The van der Waals surface area contributed by atoms with E-state index >= 15 is 0 Å². The van der Waals surface area contributed by atoms with E-state index in [4.69, 9.17) is 4.74 Å². The van der Waals surface area contributed by atoms with E-state index in [9.17, 15) is 13.2 Å². The monoisotopic (exact) mass is 376 g/mol. The summed E-state index contributed by atoms with van der Waals surface area (Å²) in [5.74, 6) is 0.325. The van der Waals surface area contributed by atoms with Gasteiger partial charge < -0.3 is 14.6 Å². The van der Waals surface area contributed by atoms with Crippen molar-refractivity contribution in [3.63, 3.8) is 0 Å². The van der Waals surface area contributed by atoms with E-state index in [0.717, 1.165) is 17.5 Å². The summed E-state index contributed by atoms with van der Waals surface area (Å²) in [5.41, 5.74) is 1.68. The number of aromatic amines is 1. The molecule has 4 rings (SSSR count). The lowest BCUT2D eigenvalue weighted by molar-refractivity contribution is 0.134. The van der Waals surface area contributed by atoms with Crippen LogP contribution in [0.3, 0.4) is 0 Å². The zero-order valence-electron chi connectivity index (χ0n) is 14.1. The highest BCUT2D eigenvalue weighted by Gasteiger charge is 2.27. The van der Waals surface area contributed by atoms with E-state index in [1.165, 1.54) is 12.4 Å². The Labute approximate surface area is 151 Å². The number of nitrogens with one attached hydrogen (secondary N) is 2. The summed E-state index contributed by atoms with van der Waals surface area (Å²) in [4.78, 5) is 20.7. The zero-order chi connectivity index (χ0) is 18.1. The number of aromatic nitrogens is 2. The number of rotatable bonds is 4. The molecule has 0 radical (unpaired) electrons. The third-order valence-electron chi connectivity index (χ3n) is 4.73. The Morgan fingerprint density at radius 2 is 2.12 bits per heavy atom. The molecule has 1 fully saturated rings. The molecule has 26 heavy (non-hydrogen) atoms. The van der Waals surface area contributed by atoms with Crippen LogP contribution < -0.4 is 15.2 Å². The molecular formula is C17H20N4O4S. The summed E-state index contributed by atoms with van der Waals surface area (Å²) in [6.07, 6.45) is 4.50. The Kier molecular flexibility index (Phi) is 4.51. The van der Waals surface area contributed by atoms with Gasteiger partial charge in [-0.1, -0.05) is 6.07 Å². The number of hydrogen-bond donors (Lipinski definition) is 2. The molecule has 3 heterocycles. The number of ether oxygens (including phenoxy) is 1. The zero-order valence-corrected chi connectivity index (χ0v) is 15.0. The van der Waals surface area contributed by atoms with Gasteiger partial charge in [-0.2, -0.15) is 0 Å². The highest BCUT2D eigenvalue weighted by Crippen LogP contribution is 2.24. The van der Waals surface area contributed by atoms with Crippen molar-refractivity contribution in [2.45, 2.75) is 37.0 Å². The normalized spacial score (nSPS) is 20.2. The first-order chi connectivity index (χ1) is 12.5. The van der Waals surface area contributed by atoms with Crippen LogP contribution in [0.4, 0.5) is 5.82 Å². The van der Waals surface area contributed by atoms with Crippen LogP contribution in [0.15, 0.2) is 40.3 Å². The number of anilines is 1. The van der Waals surface area contributed by atoms with Crippen LogP contribution in [0.2, 0.25) is 0 Å². The van der Waals surface area contributed by atoms with Gasteiger partial charge in [-0.25, -0.2) is 18.1 Å². The van der Waals surface area contributed by atoms with Gasteiger partial charge in [0.05, 0.1) is 18.1 Å². The van der Waals surface area contributed by atoms with Gasteiger partial charge >= 0.3 is 0 Å². The molecule has 0 saturated carbocycles. The van der Waals surface area contributed by atoms with E-state index in [-0.39, 0.29) is 16.5 Å². The summed E-state index contributed by atoms with van der Waals surface area (Å²) in [6, 6.07) is 4.81. The molecule has 1 unspecified atom stereocenters. The molecule has 2 aromatic rings. The maximum atomic E-state index is 12.8. The van der Waals surface area contributed by atoms with Gasteiger partial charge in [-0.05, 0) is 36.1 Å². The summed E-state index contributed by atoms with van der Waals surface area (Å²) in [7, 11) is -3.64. The van der Waals surface area contributed by atoms with Crippen LogP contribution in [0, 0.1) is 0 Å². The average Bonchev–Trinajstić information content (AvgIpc) is 3.10. The third kappa shape index (κ3) is 3.37. The molecule has 1 saturated heterocycles. The van der Waals surface area contributed by atoms with Gasteiger partial charge in [0.2, 0.25) is 10.0 Å². The standard InChI is InChI=1S/C17H20N4O4S/c22-17-16(18-5-6-19-17)21-7-1-2-14(9-21)20-26(23,24)15-4-3-12-10-25-11-13(12)8-15/h3-6,8,14,20H,1-2,7,9-11H2,(H,19,22). The van der Waals surface area contributed by atoms with E-state index in [0.29, 0.717) is 38.5 Å². The second-order valence-corrected chi connectivity index (χ2v) is 8.29. The second kappa shape index (κ2) is 6.82. The van der Waals surface area contributed by atoms with Crippen molar-refractivity contribution in [1.29, 1.82) is 0 Å². The molecule has 0 spiro atoms. The molecule has 138 valence electrons. The Hall–Kier alpha value is -2.23. The van der Waals surface area contributed by atoms with Crippen molar-refractivity contribution >= 4 is 15.8 Å². The Morgan fingerprint density at radius 1 is 1.27 bits per heavy atom. The first-order valence-corrected chi connectivity index (χ1v) is 10.0. The predicted octanol–water partition coefficient (Wildman–Crippen LogP) is 0.747. The topological polar surface area (TPSA) is 104 Å². The Morgan fingerprint density at radius 3 is 2.96 bits per heavy atom. The van der Waals surface area contributed by atoms with Gasteiger partial charge in [0.15, 0.2) is 5.82 Å². The van der Waals surface area contributed by atoms with Gasteiger partial charge in [-0.15, -0.1) is 0 Å². The van der Waals surface area contributed by atoms with Gasteiger partial charge in [0.1, 0.15) is 0 Å². The highest BCUT2D eigenvalue weighted by molar-refractivity contribution is 7.89. The van der Waals surface area contributed by atoms with E-state index in [1.54, 1.807) is 18.2 Å². The fourth-order valence-electron chi connectivity index (χ4n) is 3.44. The highest BCUT2D eigenvalue weighted by atomic mass is 32.2. The number of benzene rings is 1. The molecule has 0 bridgehead atoms. The van der Waals surface area contributed by atoms with Gasteiger partial charge in [0, 0.05) is 31.5 Å². The number of H-pyrrole nitrogens is 1. The lowest BCUT2D eigenvalue weighted by Crippen LogP contribution is -2.49. The predicted molar refractivity (Wildman–Crippen MR) is 95.3 cm³/mol. The number of nitrogens with zero attached hydrogens (tertiary/aromatic N) is 2. The molecule has 8 nitrogen and oxygen atoms in total. The summed E-state index contributed by atoms with van der Waals surface area (Å²) < 4.78 is 33.6. The minimum absolute atomic E-state index is 0.245. The molecule has 2 aliphatic rings. The van der Waals surface area contributed by atoms with E-state index < -0.39 is 10.0 Å². The molecule has 1 aromatic carbocycles. The van der Waals surface area contributed by atoms with Crippen LogP contribution >= 0.6 is 0 Å². The van der Waals surface area contributed by atoms with Crippen molar-refractivity contribution in [2.75, 3.05) is 18.0 Å². The lowest BCUT2D eigenvalue weighted by atomic mass is 10.1. The summed E-state index contributed by atoms with van der Waals surface area (Å²) in [6.45, 7) is 2.06. The van der Waals surface area contributed by atoms with Gasteiger partial charge in [0.25, 0.3) is 5.56 Å². The quantitative estimate of drug-likeness (QED) is 0.816. The Bertz CT molecular complexity index is 973. The second-order valence-electron chi connectivity index (χ2n) is 6.57. The molecule has 0 amide bonds. The van der Waals surface area contributed by atoms with Crippen LogP contribution in [0.1, 0.15) is 24.0 Å². The molecule has 2 aliphatic heterocycles. The summed E-state index contributed by atoms with van der Waals surface area (Å²) >= 11 is 0. The van der Waals surface area contributed by atoms with Crippen molar-refractivity contribution < 1.29 is 13.2 Å².